The van der Waals surface area contributed by atoms with Gasteiger partial charge in [0.25, 0.3) is 0 Å². The number of aromatic amines is 1. The molecular formula is C21H26N2O3. The van der Waals surface area contributed by atoms with Gasteiger partial charge in [0.15, 0.2) is 0 Å². The molecule has 3 atom stereocenters. The number of carbonyl (C=O) groups is 1. The molecule has 0 spiro atoms. The summed E-state index contributed by atoms with van der Waals surface area (Å²) in [7, 11) is 1.39. The number of piperidine rings is 1. The molecule has 138 valence electrons. The Balaban J connectivity index is 1.73. The van der Waals surface area contributed by atoms with Crippen molar-refractivity contribution in [2.24, 2.45) is 11.8 Å². The van der Waals surface area contributed by atoms with Crippen molar-refractivity contribution in [2.75, 3.05) is 26.8 Å². The molecule has 1 aromatic carbocycles. The summed E-state index contributed by atoms with van der Waals surface area (Å²) in [4.78, 5) is 18.3. The SMILES string of the molecule is CC=C1CN2CCc3c([nH]c4ccccc34)[C@@H]2C[C@H]1[C@@H](CO)C(=O)OC. The standard InChI is InChI=1S/C21H26N2O3/c1-3-13-11-23-9-8-15-14-6-4-5-7-18(14)22-20(15)19(23)10-16(13)17(12-24)21(25)26-2/h3-7,16-17,19,22,24H,8-12H2,1-2H3/t16-,17-,19+/m1/s1. The lowest BCUT2D eigenvalue weighted by Gasteiger charge is -2.45. The van der Waals surface area contributed by atoms with E-state index in [4.69, 9.17) is 4.74 Å². The second-order valence-electron chi connectivity index (χ2n) is 7.32. The number of esters is 1. The van der Waals surface area contributed by atoms with Crippen LogP contribution >= 0.6 is 0 Å². The van der Waals surface area contributed by atoms with Crippen LogP contribution in [0.4, 0.5) is 0 Å². The van der Waals surface area contributed by atoms with Crippen LogP contribution in [0.25, 0.3) is 10.9 Å². The van der Waals surface area contributed by atoms with Crippen LogP contribution in [0.15, 0.2) is 35.9 Å². The number of allylic oxidation sites excluding steroid dienone is 1. The maximum Gasteiger partial charge on any atom is 0.311 e. The third-order valence-electron chi connectivity index (χ3n) is 6.17. The minimum absolute atomic E-state index is 0.0102. The Labute approximate surface area is 153 Å². The number of carbonyl (C=O) groups excluding carboxylic acids is 1. The molecule has 4 rings (SSSR count). The molecule has 2 N–H and O–H groups in total. The van der Waals surface area contributed by atoms with Gasteiger partial charge in [0.05, 0.1) is 25.7 Å². The number of aromatic nitrogens is 1. The van der Waals surface area contributed by atoms with Gasteiger partial charge in [0.2, 0.25) is 0 Å². The smallest absolute Gasteiger partial charge is 0.311 e. The fourth-order valence-electron chi connectivity index (χ4n) is 4.81. The Morgan fingerprint density at radius 1 is 1.46 bits per heavy atom. The van der Waals surface area contributed by atoms with Gasteiger partial charge < -0.3 is 14.8 Å². The first-order valence-corrected chi connectivity index (χ1v) is 9.35. The largest absolute Gasteiger partial charge is 0.469 e. The van der Waals surface area contributed by atoms with Crippen LogP contribution in [0.3, 0.4) is 0 Å². The fourth-order valence-corrected chi connectivity index (χ4v) is 4.81. The fraction of sp³-hybridized carbons (Fsp3) is 0.476. The monoisotopic (exact) mass is 354 g/mol. The molecule has 1 aromatic heterocycles. The summed E-state index contributed by atoms with van der Waals surface area (Å²) in [6.07, 6.45) is 3.96. The van der Waals surface area contributed by atoms with E-state index in [1.807, 2.05) is 6.92 Å². The number of fused-ring (bicyclic) bond motifs is 5. The molecule has 1 fully saturated rings. The van der Waals surface area contributed by atoms with Crippen molar-refractivity contribution >= 4 is 16.9 Å². The summed E-state index contributed by atoms with van der Waals surface area (Å²) in [5.74, 6) is -0.808. The van der Waals surface area contributed by atoms with Gasteiger partial charge in [-0.1, -0.05) is 29.8 Å². The summed E-state index contributed by atoms with van der Waals surface area (Å²) in [6, 6.07) is 8.70. The number of H-pyrrole nitrogens is 1. The Morgan fingerprint density at radius 2 is 2.27 bits per heavy atom. The average molecular weight is 354 g/mol. The second-order valence-corrected chi connectivity index (χ2v) is 7.32. The number of aliphatic hydroxyl groups excluding tert-OH is 1. The first-order valence-electron chi connectivity index (χ1n) is 9.35. The number of nitrogens with one attached hydrogen (secondary N) is 1. The number of methoxy groups -OCH3 is 1. The van der Waals surface area contributed by atoms with Crippen molar-refractivity contribution in [3.8, 4) is 0 Å². The van der Waals surface area contributed by atoms with Gasteiger partial charge >= 0.3 is 5.97 Å². The van der Waals surface area contributed by atoms with Gasteiger partial charge in [0, 0.05) is 29.7 Å². The topological polar surface area (TPSA) is 65.6 Å². The molecule has 0 saturated carbocycles. The van der Waals surface area contributed by atoms with Gasteiger partial charge in [-0.15, -0.1) is 0 Å². The van der Waals surface area contributed by atoms with Crippen molar-refractivity contribution < 1.29 is 14.6 Å². The van der Waals surface area contributed by atoms with Crippen LogP contribution in [0.2, 0.25) is 0 Å². The van der Waals surface area contributed by atoms with Gasteiger partial charge in [-0.25, -0.2) is 0 Å². The van der Waals surface area contributed by atoms with Crippen LogP contribution in [-0.4, -0.2) is 47.8 Å². The molecule has 1 saturated heterocycles. The predicted molar refractivity (Wildman–Crippen MR) is 101 cm³/mol. The minimum atomic E-state index is -0.497. The molecule has 2 aromatic rings. The zero-order chi connectivity index (χ0) is 18.3. The maximum absolute atomic E-state index is 12.2. The maximum atomic E-state index is 12.2. The van der Waals surface area contributed by atoms with Crippen molar-refractivity contribution in [3.63, 3.8) is 0 Å². The average Bonchev–Trinajstić information content (AvgIpc) is 3.07. The molecule has 0 aliphatic carbocycles. The third kappa shape index (κ3) is 2.66. The lowest BCUT2D eigenvalue weighted by molar-refractivity contribution is -0.149. The molecule has 0 amide bonds. The number of benzene rings is 1. The van der Waals surface area contributed by atoms with Gasteiger partial charge in [-0.05, 0) is 37.3 Å². The summed E-state index contributed by atoms with van der Waals surface area (Å²) in [6.45, 7) is 3.70. The molecule has 26 heavy (non-hydrogen) atoms. The number of hydrogen-bond donors (Lipinski definition) is 2. The molecule has 2 aliphatic rings. The van der Waals surface area contributed by atoms with E-state index in [0.717, 1.165) is 25.9 Å². The molecule has 3 heterocycles. The second kappa shape index (κ2) is 6.89. The number of rotatable bonds is 3. The van der Waals surface area contributed by atoms with Crippen molar-refractivity contribution in [3.05, 3.63) is 47.2 Å². The first-order chi connectivity index (χ1) is 12.7. The summed E-state index contributed by atoms with van der Waals surface area (Å²) >= 11 is 0. The zero-order valence-corrected chi connectivity index (χ0v) is 15.4. The molecule has 2 aliphatic heterocycles. The van der Waals surface area contributed by atoms with Gasteiger partial charge in [0.1, 0.15) is 0 Å². The molecule has 5 heteroatoms. The Bertz CT molecular complexity index is 854. The minimum Gasteiger partial charge on any atom is -0.469 e. The zero-order valence-electron chi connectivity index (χ0n) is 15.4. The molecular weight excluding hydrogens is 328 g/mol. The normalized spacial score (nSPS) is 25.7. The lowest BCUT2D eigenvalue weighted by atomic mass is 9.75. The van der Waals surface area contributed by atoms with Crippen molar-refractivity contribution in [1.29, 1.82) is 0 Å². The third-order valence-corrected chi connectivity index (χ3v) is 6.17. The van der Waals surface area contributed by atoms with E-state index in [1.165, 1.54) is 34.8 Å². The number of nitrogens with zero attached hydrogens (tertiary/aromatic N) is 1. The van der Waals surface area contributed by atoms with Crippen LogP contribution in [0, 0.1) is 11.8 Å². The van der Waals surface area contributed by atoms with Crippen molar-refractivity contribution in [2.45, 2.75) is 25.8 Å². The molecule has 5 nitrogen and oxygen atoms in total. The Morgan fingerprint density at radius 3 is 3.00 bits per heavy atom. The van der Waals surface area contributed by atoms with Gasteiger partial charge in [-0.2, -0.15) is 0 Å². The van der Waals surface area contributed by atoms with E-state index in [2.05, 4.69) is 40.2 Å². The van der Waals surface area contributed by atoms with E-state index in [-0.39, 0.29) is 24.5 Å². The van der Waals surface area contributed by atoms with E-state index >= 15 is 0 Å². The number of hydrogen-bond acceptors (Lipinski definition) is 4. The summed E-state index contributed by atoms with van der Waals surface area (Å²) in [5.41, 5.74) is 5.09. The van der Waals surface area contributed by atoms with Crippen LogP contribution < -0.4 is 0 Å². The van der Waals surface area contributed by atoms with Crippen LogP contribution in [0.5, 0.6) is 0 Å². The lowest BCUT2D eigenvalue weighted by Crippen LogP contribution is -2.45. The van der Waals surface area contributed by atoms with E-state index in [1.54, 1.807) is 0 Å². The van der Waals surface area contributed by atoms with Gasteiger partial charge in [-0.3, -0.25) is 9.69 Å². The predicted octanol–water partition coefficient (Wildman–Crippen LogP) is 2.81. The summed E-state index contributed by atoms with van der Waals surface area (Å²) in [5, 5.41) is 11.2. The quantitative estimate of drug-likeness (QED) is 0.657. The van der Waals surface area contributed by atoms with E-state index < -0.39 is 5.92 Å². The first kappa shape index (κ1) is 17.3. The Hall–Kier alpha value is -2.11. The molecule has 0 bridgehead atoms. The van der Waals surface area contributed by atoms with E-state index in [9.17, 15) is 9.90 Å². The number of para-hydroxylation sites is 1. The van der Waals surface area contributed by atoms with Crippen molar-refractivity contribution in [1.82, 2.24) is 9.88 Å². The van der Waals surface area contributed by atoms with Crippen LogP contribution in [-0.2, 0) is 16.0 Å². The highest BCUT2D eigenvalue weighted by atomic mass is 16.5. The Kier molecular flexibility index (Phi) is 4.59. The highest BCUT2D eigenvalue weighted by Gasteiger charge is 2.42. The summed E-state index contributed by atoms with van der Waals surface area (Å²) < 4.78 is 4.96. The molecule has 0 radical (unpaired) electrons. The number of aliphatic hydroxyl groups is 1. The highest BCUT2D eigenvalue weighted by Crippen LogP contribution is 2.44. The van der Waals surface area contributed by atoms with E-state index in [0.29, 0.717) is 0 Å². The molecule has 0 unspecified atom stereocenters. The highest BCUT2D eigenvalue weighted by molar-refractivity contribution is 5.85. The van der Waals surface area contributed by atoms with Crippen LogP contribution in [0.1, 0.15) is 30.6 Å². The number of ether oxygens (including phenoxy) is 1.